The fraction of sp³-hybridized carbons (Fsp3) is 0.692. The van der Waals surface area contributed by atoms with Crippen LogP contribution < -0.4 is 0 Å². The van der Waals surface area contributed by atoms with Crippen molar-refractivity contribution < 1.29 is 9.26 Å². The highest BCUT2D eigenvalue weighted by Crippen LogP contribution is 2.42. The van der Waals surface area contributed by atoms with Crippen LogP contribution in [0.5, 0.6) is 0 Å². The lowest BCUT2D eigenvalue weighted by atomic mass is 9.73. The number of ether oxygens (including phenoxy) is 1. The normalized spacial score (nSPS) is 37.5. The Balaban J connectivity index is 1.64. The van der Waals surface area contributed by atoms with Crippen molar-refractivity contribution in [1.29, 1.82) is 0 Å². The van der Waals surface area contributed by atoms with Crippen molar-refractivity contribution in [2.24, 2.45) is 15.9 Å². The highest BCUT2D eigenvalue weighted by atomic mass is 16.5. The minimum absolute atomic E-state index is 0.201. The zero-order valence-corrected chi connectivity index (χ0v) is 11.7. The van der Waals surface area contributed by atoms with Gasteiger partial charge in [0.05, 0.1) is 5.71 Å². The van der Waals surface area contributed by atoms with Gasteiger partial charge in [-0.3, -0.25) is 4.90 Å². The molecule has 0 aromatic carbocycles. The van der Waals surface area contributed by atoms with Crippen LogP contribution in [0.1, 0.15) is 25.6 Å². The first-order valence-corrected chi connectivity index (χ1v) is 7.02. The maximum atomic E-state index is 6.13. The van der Waals surface area contributed by atoms with Gasteiger partial charge in [0.1, 0.15) is 0 Å². The molecule has 0 aliphatic carbocycles. The zero-order valence-electron chi connectivity index (χ0n) is 11.7. The fourth-order valence-electron chi connectivity index (χ4n) is 3.50. The van der Waals surface area contributed by atoms with Gasteiger partial charge in [0.2, 0.25) is 0 Å². The molecular formula is C13H17N5O2. The van der Waals surface area contributed by atoms with E-state index in [1.54, 1.807) is 6.92 Å². The number of rotatable bonds is 1. The van der Waals surface area contributed by atoms with Crippen LogP contribution in [0, 0.1) is 12.8 Å². The lowest BCUT2D eigenvalue weighted by molar-refractivity contribution is -0.0498. The molecule has 0 radical (unpaired) electrons. The van der Waals surface area contributed by atoms with E-state index in [1.807, 2.05) is 6.92 Å². The maximum Gasteiger partial charge on any atom is 0.352 e. The van der Waals surface area contributed by atoms with E-state index in [9.17, 15) is 0 Å². The number of aliphatic imine (C=N–C) groups is 2. The lowest BCUT2D eigenvalue weighted by Gasteiger charge is -2.50. The second kappa shape index (κ2) is 4.12. The average molecular weight is 275 g/mol. The molecule has 4 aliphatic heterocycles. The van der Waals surface area contributed by atoms with Gasteiger partial charge in [0.25, 0.3) is 0 Å². The predicted octanol–water partition coefficient (Wildman–Crippen LogP) is 1.32. The summed E-state index contributed by atoms with van der Waals surface area (Å²) >= 11 is 0. The van der Waals surface area contributed by atoms with E-state index in [-0.39, 0.29) is 11.6 Å². The first-order chi connectivity index (χ1) is 9.65. The van der Waals surface area contributed by atoms with Crippen molar-refractivity contribution in [3.8, 4) is 0 Å². The van der Waals surface area contributed by atoms with Crippen LogP contribution in [0.15, 0.2) is 14.5 Å². The van der Waals surface area contributed by atoms with Crippen molar-refractivity contribution in [2.75, 3.05) is 19.6 Å². The minimum Gasteiger partial charge on any atom is -0.449 e. The van der Waals surface area contributed by atoms with Gasteiger partial charge in [0.15, 0.2) is 11.4 Å². The second-order valence-corrected chi connectivity index (χ2v) is 5.76. The number of piperidine rings is 3. The van der Waals surface area contributed by atoms with Crippen molar-refractivity contribution in [2.45, 2.75) is 32.3 Å². The summed E-state index contributed by atoms with van der Waals surface area (Å²) in [6, 6.07) is 0.548. The molecule has 0 N–H and O–H groups in total. The summed E-state index contributed by atoms with van der Waals surface area (Å²) in [5, 5.41) is 3.71. The molecular weight excluding hydrogens is 258 g/mol. The third kappa shape index (κ3) is 1.69. The third-order valence-electron chi connectivity index (χ3n) is 4.56. The molecule has 5 heterocycles. The third-order valence-corrected chi connectivity index (χ3v) is 4.56. The van der Waals surface area contributed by atoms with Gasteiger partial charge in [-0.25, -0.2) is 4.99 Å². The number of hydrogen-bond acceptors (Lipinski definition) is 6. The number of amidine groups is 1. The van der Waals surface area contributed by atoms with E-state index in [1.165, 1.54) is 25.9 Å². The Morgan fingerprint density at radius 2 is 2.10 bits per heavy atom. The van der Waals surface area contributed by atoms with Crippen molar-refractivity contribution in [3.63, 3.8) is 0 Å². The topological polar surface area (TPSA) is 76.1 Å². The van der Waals surface area contributed by atoms with Gasteiger partial charge in [-0.15, -0.1) is 4.99 Å². The van der Waals surface area contributed by atoms with Gasteiger partial charge < -0.3 is 9.26 Å². The van der Waals surface area contributed by atoms with Crippen LogP contribution >= 0.6 is 0 Å². The Morgan fingerprint density at radius 3 is 2.70 bits per heavy atom. The van der Waals surface area contributed by atoms with E-state index in [0.29, 0.717) is 17.8 Å². The summed E-state index contributed by atoms with van der Waals surface area (Å²) in [5.74, 6) is 1.09. The molecule has 2 bridgehead atoms. The number of aryl methyl sites for hydroxylation is 1. The molecule has 3 fully saturated rings. The first-order valence-electron chi connectivity index (χ1n) is 7.02. The average Bonchev–Trinajstić information content (AvgIpc) is 2.96. The summed E-state index contributed by atoms with van der Waals surface area (Å²) in [6.45, 7) is 7.03. The van der Waals surface area contributed by atoms with E-state index in [0.717, 1.165) is 12.3 Å². The molecule has 0 saturated carbocycles. The lowest BCUT2D eigenvalue weighted by Crippen LogP contribution is -2.62. The molecule has 5 rings (SSSR count). The van der Waals surface area contributed by atoms with Crippen LogP contribution in [0.2, 0.25) is 0 Å². The maximum absolute atomic E-state index is 6.13. The van der Waals surface area contributed by atoms with E-state index in [2.05, 4.69) is 25.0 Å². The van der Waals surface area contributed by atoms with Crippen LogP contribution in [-0.4, -0.2) is 52.0 Å². The van der Waals surface area contributed by atoms with Crippen molar-refractivity contribution >= 4 is 17.7 Å². The molecule has 4 aliphatic rings. The highest BCUT2D eigenvalue weighted by Gasteiger charge is 2.54. The minimum atomic E-state index is -0.287. The Bertz CT molecular complexity index is 600. The molecule has 1 aromatic rings. The monoisotopic (exact) mass is 275 g/mol. The van der Waals surface area contributed by atoms with Crippen LogP contribution in [0.3, 0.4) is 0 Å². The number of fused-ring (bicyclic) bond motifs is 2. The molecule has 1 aromatic heterocycles. The quantitative estimate of drug-likeness (QED) is 0.772. The predicted molar refractivity (Wildman–Crippen MR) is 72.2 cm³/mol. The van der Waals surface area contributed by atoms with Crippen LogP contribution in [-0.2, 0) is 4.74 Å². The van der Waals surface area contributed by atoms with E-state index in [4.69, 9.17) is 9.26 Å². The van der Waals surface area contributed by atoms with Gasteiger partial charge in [0, 0.05) is 12.5 Å². The smallest absolute Gasteiger partial charge is 0.352 e. The molecule has 106 valence electrons. The molecule has 20 heavy (non-hydrogen) atoms. The summed E-state index contributed by atoms with van der Waals surface area (Å²) < 4.78 is 11.1. The Morgan fingerprint density at radius 1 is 1.30 bits per heavy atom. The number of nitrogens with zero attached hydrogens (tertiary/aromatic N) is 5. The molecule has 7 heteroatoms. The first kappa shape index (κ1) is 12.0. The van der Waals surface area contributed by atoms with Gasteiger partial charge in [-0.05, 0) is 39.8 Å². The molecule has 0 amide bonds. The Kier molecular flexibility index (Phi) is 2.47. The summed E-state index contributed by atoms with van der Waals surface area (Å²) in [5.41, 5.74) is 0.728. The highest BCUT2D eigenvalue weighted by molar-refractivity contribution is 6.05. The van der Waals surface area contributed by atoms with E-state index >= 15 is 0 Å². The molecule has 3 saturated heterocycles. The SMILES string of the molecule is CC1=NC(=Nc2nc(C)no2)OC12CN1CCC2CC1. The summed E-state index contributed by atoms with van der Waals surface area (Å²) in [7, 11) is 0. The summed E-state index contributed by atoms with van der Waals surface area (Å²) in [6.07, 6.45) is 2.33. The largest absolute Gasteiger partial charge is 0.449 e. The standard InChI is InChI=1S/C13H17N5O2/c1-8-13(7-18-5-3-10(13)4-6-18)19-11(14-8)16-12-15-9(2)17-20-12/h10H,3-7H2,1-2H3. The van der Waals surface area contributed by atoms with Gasteiger partial charge in [-0.1, -0.05) is 5.16 Å². The van der Waals surface area contributed by atoms with Crippen molar-refractivity contribution in [1.82, 2.24) is 15.0 Å². The molecule has 1 unspecified atom stereocenters. The number of aromatic nitrogens is 2. The van der Waals surface area contributed by atoms with Crippen molar-refractivity contribution in [3.05, 3.63) is 5.82 Å². The van der Waals surface area contributed by atoms with Crippen LogP contribution in [0.25, 0.3) is 0 Å². The number of hydrogen-bond donors (Lipinski definition) is 0. The van der Waals surface area contributed by atoms with E-state index < -0.39 is 0 Å². The molecule has 1 spiro atoms. The Hall–Kier alpha value is -1.76. The molecule has 1 atom stereocenters. The fourth-order valence-corrected chi connectivity index (χ4v) is 3.50. The second-order valence-electron chi connectivity index (χ2n) is 5.76. The zero-order chi connectivity index (χ0) is 13.7. The van der Waals surface area contributed by atoms with Gasteiger partial charge in [-0.2, -0.15) is 4.98 Å². The Labute approximate surface area is 116 Å². The van der Waals surface area contributed by atoms with Crippen LogP contribution in [0.4, 0.5) is 6.01 Å². The summed E-state index contributed by atoms with van der Waals surface area (Å²) in [4.78, 5) is 15.2. The molecule has 7 nitrogen and oxygen atoms in total. The van der Waals surface area contributed by atoms with Gasteiger partial charge >= 0.3 is 12.0 Å².